The van der Waals surface area contributed by atoms with Gasteiger partial charge in [0.2, 0.25) is 0 Å². The molecule has 31 heavy (non-hydrogen) atoms. The number of hydrogen-bond donors (Lipinski definition) is 1. The van der Waals surface area contributed by atoms with E-state index >= 15 is 0 Å². The van der Waals surface area contributed by atoms with Gasteiger partial charge in [0.15, 0.2) is 0 Å². The number of benzene rings is 5. The summed E-state index contributed by atoms with van der Waals surface area (Å²) in [6.07, 6.45) is 0. The van der Waals surface area contributed by atoms with Crippen molar-refractivity contribution in [1.82, 2.24) is 0 Å². The topological polar surface area (TPSA) is 12.0 Å². The summed E-state index contributed by atoms with van der Waals surface area (Å²) in [6, 6.07) is -19.1. The third-order valence-corrected chi connectivity index (χ3v) is 3.94. The van der Waals surface area contributed by atoms with E-state index in [-0.39, 0.29) is 0 Å². The van der Waals surface area contributed by atoms with Gasteiger partial charge in [0.25, 0.3) is 0 Å². The first-order chi connectivity index (χ1) is 24.5. The molecule has 5 aromatic rings. The van der Waals surface area contributed by atoms with Gasteiger partial charge in [-0.3, -0.25) is 0 Å². The number of nitrogens with one attached hydrogen (secondary N) is 1. The van der Waals surface area contributed by atoms with Gasteiger partial charge >= 0.3 is 0 Å². The standard InChI is InChI=1S/C30H23N/c1-3-9-23(10-4-1)25-15-17-27(18-16-25)29-13-7-8-14-30(29)31-28-21-19-26(20-22-28)24-11-5-2-6-12-24/h1-22,31H/i1D,2D,3D,4D,5D,6D,7D,8D,9D,10D,11D,12D,13D,14D,15D,16D,17D,18D,19D,20D,21D,22D. The number of para-hydroxylation sites is 1. The molecule has 0 aliphatic carbocycles. The molecule has 1 heteroatoms. The zero-order valence-electron chi connectivity index (χ0n) is 37.5. The molecular formula is C30H23N. The Morgan fingerprint density at radius 2 is 0.806 bits per heavy atom. The minimum Gasteiger partial charge on any atom is -0.355 e. The van der Waals surface area contributed by atoms with Crippen molar-refractivity contribution in [2.75, 3.05) is 5.32 Å². The number of rotatable bonds is 5. The molecule has 0 heterocycles. The highest BCUT2D eigenvalue weighted by molar-refractivity contribution is 5.82. The molecule has 0 fully saturated rings. The van der Waals surface area contributed by atoms with Gasteiger partial charge in [0, 0.05) is 16.9 Å². The van der Waals surface area contributed by atoms with Crippen LogP contribution in [0.2, 0.25) is 0 Å². The molecule has 0 aliphatic rings. The molecule has 148 valence electrons. The van der Waals surface area contributed by atoms with Gasteiger partial charge in [-0.2, -0.15) is 0 Å². The van der Waals surface area contributed by atoms with Crippen LogP contribution in [0, 0.1) is 0 Å². The maximum Gasteiger partial charge on any atom is 0.0645 e. The molecule has 0 unspecified atom stereocenters. The summed E-state index contributed by atoms with van der Waals surface area (Å²) in [7, 11) is 0. The summed E-state index contributed by atoms with van der Waals surface area (Å²) < 4.78 is 185. The smallest absolute Gasteiger partial charge is 0.0645 e. The van der Waals surface area contributed by atoms with E-state index in [1.165, 1.54) is 0 Å². The summed E-state index contributed by atoms with van der Waals surface area (Å²) >= 11 is 0. The van der Waals surface area contributed by atoms with E-state index in [0.717, 1.165) is 0 Å². The fourth-order valence-electron chi connectivity index (χ4n) is 2.53. The highest BCUT2D eigenvalue weighted by atomic mass is 14.9. The Hall–Kier alpha value is -4.10. The Kier molecular flexibility index (Phi) is 1.81. The van der Waals surface area contributed by atoms with Crippen molar-refractivity contribution in [3.63, 3.8) is 0 Å². The van der Waals surface area contributed by atoms with Gasteiger partial charge in [0.05, 0.1) is 30.2 Å². The van der Waals surface area contributed by atoms with Crippen LogP contribution in [0.3, 0.4) is 0 Å². The van der Waals surface area contributed by atoms with Crippen molar-refractivity contribution in [2.24, 2.45) is 0 Å². The third kappa shape index (κ3) is 4.26. The van der Waals surface area contributed by atoms with Crippen LogP contribution in [-0.4, -0.2) is 0 Å². The summed E-state index contributed by atoms with van der Waals surface area (Å²) in [5, 5.41) is 2.44. The van der Waals surface area contributed by atoms with Crippen LogP contribution >= 0.6 is 0 Å². The molecule has 1 nitrogen and oxygen atoms in total. The highest BCUT2D eigenvalue weighted by Crippen LogP contribution is 2.32. The minimum atomic E-state index is -0.961. The van der Waals surface area contributed by atoms with Gasteiger partial charge < -0.3 is 5.32 Å². The second-order valence-electron chi connectivity index (χ2n) is 5.88. The fourth-order valence-corrected chi connectivity index (χ4v) is 2.53. The highest BCUT2D eigenvalue weighted by Gasteiger charge is 2.06. The van der Waals surface area contributed by atoms with Crippen molar-refractivity contribution in [3.05, 3.63) is 133 Å². The second-order valence-corrected chi connectivity index (χ2v) is 5.88. The molecule has 0 atom stereocenters. The van der Waals surface area contributed by atoms with Crippen LogP contribution in [0.1, 0.15) is 30.2 Å². The maximum absolute atomic E-state index is 8.85. The van der Waals surface area contributed by atoms with E-state index in [2.05, 4.69) is 5.32 Å². The molecule has 0 aliphatic heterocycles. The molecular weight excluding hydrogens is 374 g/mol. The van der Waals surface area contributed by atoms with E-state index in [9.17, 15) is 0 Å². The predicted molar refractivity (Wildman–Crippen MR) is 132 cm³/mol. The average Bonchev–Trinajstić information content (AvgIpc) is 3.13. The van der Waals surface area contributed by atoms with Crippen molar-refractivity contribution >= 4 is 11.4 Å². The molecule has 5 rings (SSSR count). The van der Waals surface area contributed by atoms with Crippen LogP contribution in [-0.2, 0) is 0 Å². The number of anilines is 2. The normalized spacial score (nSPS) is 20.5. The van der Waals surface area contributed by atoms with Gasteiger partial charge in [-0.1, -0.05) is 115 Å². The summed E-state index contributed by atoms with van der Waals surface area (Å²) in [5.41, 5.74) is -5.57. The first-order valence-electron chi connectivity index (χ1n) is 19.8. The van der Waals surface area contributed by atoms with Crippen molar-refractivity contribution in [3.8, 4) is 33.4 Å². The van der Waals surface area contributed by atoms with Crippen LogP contribution in [0.5, 0.6) is 0 Å². The lowest BCUT2D eigenvalue weighted by Crippen LogP contribution is -1.93. The Balaban J connectivity index is 1.84. The summed E-state index contributed by atoms with van der Waals surface area (Å²) in [4.78, 5) is 0. The molecule has 0 spiro atoms. The van der Waals surface area contributed by atoms with Crippen LogP contribution in [0.25, 0.3) is 33.4 Å². The molecule has 0 aromatic heterocycles. The lowest BCUT2D eigenvalue weighted by molar-refractivity contribution is 1.52. The first-order valence-corrected chi connectivity index (χ1v) is 8.75. The predicted octanol–water partition coefficient (Wildman–Crippen LogP) is 8.43. The van der Waals surface area contributed by atoms with Gasteiger partial charge in [-0.15, -0.1) is 0 Å². The largest absolute Gasteiger partial charge is 0.355 e. The third-order valence-electron chi connectivity index (χ3n) is 3.94. The van der Waals surface area contributed by atoms with E-state index in [4.69, 9.17) is 30.2 Å². The van der Waals surface area contributed by atoms with E-state index in [1.54, 1.807) is 0 Å². The maximum atomic E-state index is 8.85. The second kappa shape index (κ2) is 8.73. The molecule has 1 N–H and O–H groups in total. The van der Waals surface area contributed by atoms with Crippen molar-refractivity contribution < 1.29 is 30.2 Å². The van der Waals surface area contributed by atoms with Crippen LogP contribution in [0.4, 0.5) is 11.4 Å². The molecule has 0 amide bonds. The molecule has 5 aromatic carbocycles. The van der Waals surface area contributed by atoms with E-state index in [0.29, 0.717) is 0 Å². The van der Waals surface area contributed by atoms with E-state index in [1.807, 2.05) is 0 Å². The van der Waals surface area contributed by atoms with Crippen molar-refractivity contribution in [1.29, 1.82) is 0 Å². The van der Waals surface area contributed by atoms with Crippen LogP contribution in [0.15, 0.2) is 133 Å². The molecule has 0 radical (unpaired) electrons. The monoisotopic (exact) mass is 419 g/mol. The lowest BCUT2D eigenvalue weighted by atomic mass is 9.99. The summed E-state index contributed by atoms with van der Waals surface area (Å²) in [5.74, 6) is 0. The van der Waals surface area contributed by atoms with Gasteiger partial charge in [0.1, 0.15) is 0 Å². The average molecular weight is 420 g/mol. The zero-order valence-corrected chi connectivity index (χ0v) is 15.5. The fraction of sp³-hybridized carbons (Fsp3) is 0. The van der Waals surface area contributed by atoms with Gasteiger partial charge in [-0.05, 0) is 45.9 Å². The zero-order chi connectivity index (χ0) is 40.0. The number of hydrogen-bond acceptors (Lipinski definition) is 1. The Labute approximate surface area is 214 Å². The SMILES string of the molecule is [2H]c1c([2H])c([2H])c(-c2c([2H])c([2H])c(Nc3c([2H])c([2H])c([2H])c([2H])c3-c3c([2H])c([2H])c(-c4c([2H])c([2H])c([2H])c([2H])c4[2H])c([2H])c3[2H])c([2H])c2[2H])c([2H])c1[2H]. The van der Waals surface area contributed by atoms with Gasteiger partial charge in [-0.25, -0.2) is 0 Å². The first kappa shape index (κ1) is 6.45. The summed E-state index contributed by atoms with van der Waals surface area (Å²) in [6.45, 7) is 0. The van der Waals surface area contributed by atoms with Crippen molar-refractivity contribution in [2.45, 2.75) is 0 Å². The lowest BCUT2D eigenvalue weighted by Gasteiger charge is -2.13. The Bertz CT molecular complexity index is 2340. The van der Waals surface area contributed by atoms with E-state index < -0.39 is 178 Å². The Morgan fingerprint density at radius 1 is 0.387 bits per heavy atom. The molecule has 0 saturated carbocycles. The minimum absolute atomic E-state index is 0.635. The van der Waals surface area contributed by atoms with Crippen LogP contribution < -0.4 is 5.32 Å². The quantitative estimate of drug-likeness (QED) is 0.301. The molecule has 0 bridgehead atoms. The Morgan fingerprint density at radius 3 is 1.39 bits per heavy atom. The molecule has 0 saturated heterocycles.